The molecule has 1 amide bonds. The van der Waals surface area contributed by atoms with Crippen molar-refractivity contribution in [1.82, 2.24) is 9.88 Å². The van der Waals surface area contributed by atoms with E-state index >= 15 is 0 Å². The minimum absolute atomic E-state index is 0.116. The fraction of sp³-hybridized carbons (Fsp3) is 0.368. The molecule has 1 aromatic carbocycles. The first-order valence-electron chi connectivity index (χ1n) is 8.17. The third-order valence-electron chi connectivity index (χ3n) is 4.73. The first-order chi connectivity index (χ1) is 11.2. The molecule has 23 heavy (non-hydrogen) atoms. The number of amides is 1. The Bertz CT molecular complexity index is 714. The summed E-state index contributed by atoms with van der Waals surface area (Å²) < 4.78 is 0. The molecule has 0 saturated heterocycles. The molecule has 3 nitrogen and oxygen atoms in total. The molecule has 118 valence electrons. The number of rotatable bonds is 5. The van der Waals surface area contributed by atoms with Crippen molar-refractivity contribution in [3.05, 3.63) is 64.9 Å². The third-order valence-corrected chi connectivity index (χ3v) is 4.97. The van der Waals surface area contributed by atoms with Crippen molar-refractivity contribution >= 4 is 17.5 Å². The van der Waals surface area contributed by atoms with E-state index in [1.54, 1.807) is 6.20 Å². The molecule has 0 radical (unpaired) electrons. The van der Waals surface area contributed by atoms with E-state index in [1.807, 2.05) is 36.5 Å². The maximum absolute atomic E-state index is 12.9. The second-order valence-corrected chi connectivity index (χ2v) is 7.00. The van der Waals surface area contributed by atoms with Crippen LogP contribution in [0.2, 0.25) is 5.02 Å². The molecule has 2 atom stereocenters. The highest BCUT2D eigenvalue weighted by Crippen LogP contribution is 2.50. The van der Waals surface area contributed by atoms with Gasteiger partial charge in [0.2, 0.25) is 5.91 Å². The Labute approximate surface area is 141 Å². The average molecular weight is 327 g/mol. The van der Waals surface area contributed by atoms with E-state index in [2.05, 4.69) is 16.0 Å². The fourth-order valence-corrected chi connectivity index (χ4v) is 3.45. The molecular formula is C19H19ClN2O. The molecule has 2 saturated carbocycles. The number of aromatic nitrogens is 1. The van der Waals surface area contributed by atoms with Gasteiger partial charge in [0.15, 0.2) is 0 Å². The van der Waals surface area contributed by atoms with Gasteiger partial charge in [-0.3, -0.25) is 9.78 Å². The van der Waals surface area contributed by atoms with E-state index in [1.165, 1.54) is 5.56 Å². The van der Waals surface area contributed by atoms with Gasteiger partial charge in [-0.1, -0.05) is 29.8 Å². The smallest absolute Gasteiger partial charge is 0.226 e. The van der Waals surface area contributed by atoms with Crippen LogP contribution in [-0.4, -0.2) is 21.8 Å². The first kappa shape index (κ1) is 14.7. The van der Waals surface area contributed by atoms with Crippen molar-refractivity contribution in [2.24, 2.45) is 5.92 Å². The van der Waals surface area contributed by atoms with Gasteiger partial charge in [0.25, 0.3) is 0 Å². The van der Waals surface area contributed by atoms with Gasteiger partial charge in [-0.2, -0.15) is 0 Å². The lowest BCUT2D eigenvalue weighted by molar-refractivity contribution is -0.133. The molecule has 0 unspecified atom stereocenters. The average Bonchev–Trinajstić information content (AvgIpc) is 3.47. The van der Waals surface area contributed by atoms with E-state index in [0.717, 1.165) is 29.8 Å². The van der Waals surface area contributed by atoms with Crippen molar-refractivity contribution in [3.8, 4) is 0 Å². The van der Waals surface area contributed by atoms with Crippen molar-refractivity contribution in [2.75, 3.05) is 0 Å². The van der Waals surface area contributed by atoms with E-state index in [-0.39, 0.29) is 5.92 Å². The largest absolute Gasteiger partial charge is 0.335 e. The van der Waals surface area contributed by atoms with Crippen molar-refractivity contribution in [3.63, 3.8) is 0 Å². The van der Waals surface area contributed by atoms with Crippen LogP contribution in [0.4, 0.5) is 0 Å². The molecule has 0 aliphatic heterocycles. The summed E-state index contributed by atoms with van der Waals surface area (Å²) in [6.45, 7) is 0.677. The lowest BCUT2D eigenvalue weighted by Gasteiger charge is -2.22. The van der Waals surface area contributed by atoms with Crippen LogP contribution < -0.4 is 0 Å². The van der Waals surface area contributed by atoms with Gasteiger partial charge in [-0.05, 0) is 54.5 Å². The van der Waals surface area contributed by atoms with E-state index in [4.69, 9.17) is 11.6 Å². The Morgan fingerprint density at radius 2 is 2.13 bits per heavy atom. The molecule has 4 rings (SSSR count). The van der Waals surface area contributed by atoms with Crippen molar-refractivity contribution in [1.29, 1.82) is 0 Å². The second kappa shape index (κ2) is 5.97. The summed E-state index contributed by atoms with van der Waals surface area (Å²) in [6, 6.07) is 12.3. The summed E-state index contributed by atoms with van der Waals surface area (Å²) in [6.07, 6.45) is 6.81. The minimum Gasteiger partial charge on any atom is -0.335 e. The van der Waals surface area contributed by atoms with Gasteiger partial charge in [0.05, 0.1) is 0 Å². The maximum atomic E-state index is 12.9. The van der Waals surface area contributed by atoms with Gasteiger partial charge in [0, 0.05) is 35.9 Å². The normalized spacial score (nSPS) is 22.7. The zero-order valence-electron chi connectivity index (χ0n) is 12.9. The summed E-state index contributed by atoms with van der Waals surface area (Å²) in [7, 11) is 0. The number of carbonyl (C=O) groups excluding carboxylic acids is 1. The number of nitrogens with zero attached hydrogens (tertiary/aromatic N) is 2. The van der Waals surface area contributed by atoms with E-state index in [9.17, 15) is 4.79 Å². The number of hydrogen-bond donors (Lipinski definition) is 0. The molecule has 2 aliphatic carbocycles. The molecule has 0 spiro atoms. The highest BCUT2D eigenvalue weighted by Gasteiger charge is 2.48. The zero-order valence-corrected chi connectivity index (χ0v) is 13.6. The molecular weight excluding hydrogens is 308 g/mol. The fourth-order valence-electron chi connectivity index (χ4n) is 3.25. The lowest BCUT2D eigenvalue weighted by atomic mass is 10.1. The number of carbonyl (C=O) groups is 1. The standard InChI is InChI=1S/C19H19ClN2O/c20-15-5-1-4-14(9-15)17-10-18(17)19(23)22(16-6-7-16)12-13-3-2-8-21-11-13/h1-5,8-9,11,16-18H,6-7,10,12H2/t17-,18+/m1/s1. The van der Waals surface area contributed by atoms with Crippen LogP contribution in [0.15, 0.2) is 48.8 Å². The van der Waals surface area contributed by atoms with Crippen LogP contribution in [0.3, 0.4) is 0 Å². The quantitative estimate of drug-likeness (QED) is 0.831. The molecule has 2 aromatic rings. The predicted octanol–water partition coefficient (Wildman–Crippen LogP) is 4.03. The van der Waals surface area contributed by atoms with Gasteiger partial charge in [0.1, 0.15) is 0 Å². The molecule has 2 fully saturated rings. The van der Waals surface area contributed by atoms with Crippen LogP contribution >= 0.6 is 11.6 Å². The molecule has 1 heterocycles. The van der Waals surface area contributed by atoms with Crippen molar-refractivity contribution < 1.29 is 4.79 Å². The lowest BCUT2D eigenvalue weighted by Crippen LogP contribution is -2.34. The SMILES string of the molecule is O=C([C@H]1C[C@@H]1c1cccc(Cl)c1)N(Cc1cccnc1)C1CC1. The number of benzene rings is 1. The second-order valence-electron chi connectivity index (χ2n) is 6.56. The van der Waals surface area contributed by atoms with Gasteiger partial charge < -0.3 is 4.90 Å². The summed E-state index contributed by atoms with van der Waals surface area (Å²) in [5, 5.41) is 0.745. The summed E-state index contributed by atoms with van der Waals surface area (Å²) in [5.41, 5.74) is 2.29. The number of halogens is 1. The molecule has 1 aromatic heterocycles. The topological polar surface area (TPSA) is 33.2 Å². The van der Waals surface area contributed by atoms with Crippen LogP contribution in [0.25, 0.3) is 0 Å². The van der Waals surface area contributed by atoms with Gasteiger partial charge in [-0.25, -0.2) is 0 Å². The van der Waals surface area contributed by atoms with Gasteiger partial charge >= 0.3 is 0 Å². The summed E-state index contributed by atoms with van der Waals surface area (Å²) in [5.74, 6) is 0.739. The van der Waals surface area contributed by atoms with Crippen LogP contribution in [0.1, 0.15) is 36.3 Å². The zero-order chi connectivity index (χ0) is 15.8. The Kier molecular flexibility index (Phi) is 3.82. The predicted molar refractivity (Wildman–Crippen MR) is 90.1 cm³/mol. The van der Waals surface area contributed by atoms with Gasteiger partial charge in [-0.15, -0.1) is 0 Å². The Hall–Kier alpha value is -1.87. The Balaban J connectivity index is 1.47. The highest BCUT2D eigenvalue weighted by atomic mass is 35.5. The van der Waals surface area contributed by atoms with Crippen molar-refractivity contribution in [2.45, 2.75) is 37.8 Å². The Morgan fingerprint density at radius 3 is 2.83 bits per heavy atom. The van der Waals surface area contributed by atoms with E-state index < -0.39 is 0 Å². The molecule has 0 bridgehead atoms. The number of hydrogen-bond acceptors (Lipinski definition) is 2. The third kappa shape index (κ3) is 3.25. The van der Waals surface area contributed by atoms with E-state index in [0.29, 0.717) is 24.4 Å². The summed E-state index contributed by atoms with van der Waals surface area (Å²) in [4.78, 5) is 19.2. The van der Waals surface area contributed by atoms with Crippen LogP contribution in [0.5, 0.6) is 0 Å². The highest BCUT2D eigenvalue weighted by molar-refractivity contribution is 6.30. The maximum Gasteiger partial charge on any atom is 0.226 e. The Morgan fingerprint density at radius 1 is 1.26 bits per heavy atom. The van der Waals surface area contributed by atoms with Crippen LogP contribution in [0, 0.1) is 5.92 Å². The monoisotopic (exact) mass is 326 g/mol. The number of pyridine rings is 1. The molecule has 2 aliphatic rings. The minimum atomic E-state index is 0.116. The first-order valence-corrected chi connectivity index (χ1v) is 8.55. The summed E-state index contributed by atoms with van der Waals surface area (Å²) >= 11 is 6.07. The van der Waals surface area contributed by atoms with Crippen LogP contribution in [-0.2, 0) is 11.3 Å². The molecule has 0 N–H and O–H groups in total. The molecule has 4 heteroatoms.